The molecule has 0 unspecified atom stereocenters. The standard InChI is InChI=1S/C19H22ClN5/c1-24-17-7-14(20)2-3-16(17)18(22)19(24)13-6-12(8-23-9-13)10-25-5-4-15(21)11-25/h2-3,6-9,15H,4-5,10-11,21-22H2,1H3/t15-/m1/s1. The maximum atomic E-state index is 6.44. The van der Waals surface area contributed by atoms with Gasteiger partial charge < -0.3 is 16.0 Å². The van der Waals surface area contributed by atoms with Gasteiger partial charge in [-0.05, 0) is 36.2 Å². The average Bonchev–Trinajstić information content (AvgIpc) is 3.09. The molecular weight excluding hydrogens is 334 g/mol. The molecule has 0 saturated carbocycles. The second kappa shape index (κ2) is 6.33. The van der Waals surface area contributed by atoms with Gasteiger partial charge in [0, 0.05) is 61.1 Å². The van der Waals surface area contributed by atoms with Gasteiger partial charge in [0.2, 0.25) is 0 Å². The Morgan fingerprint density at radius 3 is 2.88 bits per heavy atom. The first kappa shape index (κ1) is 16.4. The third kappa shape index (κ3) is 2.99. The number of pyridine rings is 1. The Balaban J connectivity index is 1.73. The average molecular weight is 356 g/mol. The van der Waals surface area contributed by atoms with Gasteiger partial charge in [-0.15, -0.1) is 0 Å². The van der Waals surface area contributed by atoms with Crippen LogP contribution in [0, 0.1) is 0 Å². The van der Waals surface area contributed by atoms with Gasteiger partial charge in [-0.25, -0.2) is 0 Å². The molecule has 1 saturated heterocycles. The van der Waals surface area contributed by atoms with E-state index in [0.717, 1.165) is 53.9 Å². The zero-order valence-electron chi connectivity index (χ0n) is 14.2. The van der Waals surface area contributed by atoms with Crippen molar-refractivity contribution in [3.05, 3.63) is 47.2 Å². The van der Waals surface area contributed by atoms with E-state index in [1.54, 1.807) is 0 Å². The second-order valence-electron chi connectivity index (χ2n) is 6.85. The zero-order chi connectivity index (χ0) is 17.6. The Labute approximate surface area is 152 Å². The maximum Gasteiger partial charge on any atom is 0.0738 e. The molecule has 1 aliphatic heterocycles. The van der Waals surface area contributed by atoms with Gasteiger partial charge in [0.1, 0.15) is 0 Å². The fourth-order valence-corrected chi connectivity index (χ4v) is 3.92. The number of hydrogen-bond donors (Lipinski definition) is 2. The molecule has 0 radical (unpaired) electrons. The van der Waals surface area contributed by atoms with Crippen LogP contribution in [0.1, 0.15) is 12.0 Å². The number of likely N-dealkylation sites (tertiary alicyclic amines) is 1. The molecule has 1 atom stereocenters. The van der Waals surface area contributed by atoms with Gasteiger partial charge in [0.25, 0.3) is 0 Å². The SMILES string of the molecule is Cn1c(-c2cncc(CN3CC[C@@H](N)C3)c2)c(N)c2ccc(Cl)cc21. The molecule has 3 heterocycles. The number of aromatic nitrogens is 2. The Morgan fingerprint density at radius 1 is 1.28 bits per heavy atom. The van der Waals surface area contributed by atoms with E-state index in [-0.39, 0.29) is 6.04 Å². The van der Waals surface area contributed by atoms with Crippen molar-refractivity contribution >= 4 is 28.2 Å². The second-order valence-corrected chi connectivity index (χ2v) is 7.28. The summed E-state index contributed by atoms with van der Waals surface area (Å²) in [4.78, 5) is 6.81. The van der Waals surface area contributed by atoms with E-state index in [1.807, 2.05) is 37.6 Å². The van der Waals surface area contributed by atoms with Crippen molar-refractivity contribution in [2.75, 3.05) is 18.8 Å². The fraction of sp³-hybridized carbons (Fsp3) is 0.316. The summed E-state index contributed by atoms with van der Waals surface area (Å²) >= 11 is 6.15. The molecule has 1 aliphatic rings. The molecule has 0 bridgehead atoms. The fourth-order valence-electron chi connectivity index (χ4n) is 3.76. The Bertz CT molecular complexity index is 933. The summed E-state index contributed by atoms with van der Waals surface area (Å²) in [5.74, 6) is 0. The number of rotatable bonds is 3. The Morgan fingerprint density at radius 2 is 2.12 bits per heavy atom. The number of nitrogens with two attached hydrogens (primary N) is 2. The number of nitrogens with zero attached hydrogens (tertiary/aromatic N) is 3. The number of anilines is 1. The molecule has 6 heteroatoms. The van der Waals surface area contributed by atoms with Crippen LogP contribution in [0.2, 0.25) is 5.02 Å². The van der Waals surface area contributed by atoms with Crippen LogP contribution in [0.3, 0.4) is 0 Å². The van der Waals surface area contributed by atoms with E-state index in [0.29, 0.717) is 5.02 Å². The van der Waals surface area contributed by atoms with Crippen LogP contribution in [0.25, 0.3) is 22.2 Å². The third-order valence-corrected chi connectivity index (χ3v) is 5.22. The van der Waals surface area contributed by atoms with Crippen molar-refractivity contribution in [2.45, 2.75) is 19.0 Å². The van der Waals surface area contributed by atoms with Crippen LogP contribution in [-0.4, -0.2) is 33.6 Å². The minimum Gasteiger partial charge on any atom is -0.396 e. The summed E-state index contributed by atoms with van der Waals surface area (Å²) < 4.78 is 2.09. The van der Waals surface area contributed by atoms with Crippen molar-refractivity contribution in [3.63, 3.8) is 0 Å². The highest BCUT2D eigenvalue weighted by molar-refractivity contribution is 6.31. The van der Waals surface area contributed by atoms with Crippen LogP contribution in [-0.2, 0) is 13.6 Å². The van der Waals surface area contributed by atoms with E-state index in [4.69, 9.17) is 23.1 Å². The monoisotopic (exact) mass is 355 g/mol. The lowest BCUT2D eigenvalue weighted by atomic mass is 10.1. The molecule has 0 aliphatic carbocycles. The molecule has 2 aromatic heterocycles. The smallest absolute Gasteiger partial charge is 0.0738 e. The van der Waals surface area contributed by atoms with Gasteiger partial charge in [-0.1, -0.05) is 11.6 Å². The highest BCUT2D eigenvalue weighted by Crippen LogP contribution is 2.36. The highest BCUT2D eigenvalue weighted by atomic mass is 35.5. The predicted octanol–water partition coefficient (Wildman–Crippen LogP) is 3.01. The first-order valence-corrected chi connectivity index (χ1v) is 8.86. The molecule has 25 heavy (non-hydrogen) atoms. The first-order valence-electron chi connectivity index (χ1n) is 8.48. The predicted molar refractivity (Wildman–Crippen MR) is 103 cm³/mol. The zero-order valence-corrected chi connectivity index (χ0v) is 15.0. The van der Waals surface area contributed by atoms with Crippen molar-refractivity contribution in [1.29, 1.82) is 0 Å². The summed E-state index contributed by atoms with van der Waals surface area (Å²) in [5, 5.41) is 1.72. The first-order chi connectivity index (χ1) is 12.0. The van der Waals surface area contributed by atoms with Crippen molar-refractivity contribution < 1.29 is 0 Å². The van der Waals surface area contributed by atoms with E-state index >= 15 is 0 Å². The molecule has 3 aromatic rings. The molecule has 1 fully saturated rings. The van der Waals surface area contributed by atoms with E-state index in [1.165, 1.54) is 5.56 Å². The lowest BCUT2D eigenvalue weighted by Gasteiger charge is -2.15. The van der Waals surface area contributed by atoms with Gasteiger partial charge >= 0.3 is 0 Å². The summed E-state index contributed by atoms with van der Waals surface area (Å²) in [6.45, 7) is 2.85. The topological polar surface area (TPSA) is 73.1 Å². The summed E-state index contributed by atoms with van der Waals surface area (Å²) in [6.07, 6.45) is 4.85. The number of aryl methyl sites for hydroxylation is 1. The van der Waals surface area contributed by atoms with E-state index in [2.05, 4.69) is 20.5 Å². The number of halogens is 1. The minimum atomic E-state index is 0.287. The van der Waals surface area contributed by atoms with Crippen molar-refractivity contribution in [1.82, 2.24) is 14.5 Å². The summed E-state index contributed by atoms with van der Waals surface area (Å²) in [6, 6.07) is 8.24. The van der Waals surface area contributed by atoms with E-state index in [9.17, 15) is 0 Å². The largest absolute Gasteiger partial charge is 0.396 e. The molecule has 4 rings (SSSR count). The normalized spacial score (nSPS) is 18.3. The highest BCUT2D eigenvalue weighted by Gasteiger charge is 2.20. The molecule has 5 nitrogen and oxygen atoms in total. The number of hydrogen-bond acceptors (Lipinski definition) is 4. The van der Waals surface area contributed by atoms with Crippen LogP contribution in [0.5, 0.6) is 0 Å². The quantitative estimate of drug-likeness (QED) is 0.757. The molecule has 1 aromatic carbocycles. The third-order valence-electron chi connectivity index (χ3n) is 4.99. The van der Waals surface area contributed by atoms with Crippen LogP contribution >= 0.6 is 11.6 Å². The lowest BCUT2D eigenvalue weighted by molar-refractivity contribution is 0.326. The number of benzene rings is 1. The van der Waals surface area contributed by atoms with Gasteiger partial charge in [-0.2, -0.15) is 0 Å². The summed E-state index contributed by atoms with van der Waals surface area (Å²) in [7, 11) is 2.01. The molecule has 4 N–H and O–H groups in total. The summed E-state index contributed by atoms with van der Waals surface area (Å²) in [5.41, 5.74) is 17.4. The molecular formula is C19H22ClN5. The Hall–Kier alpha value is -2.08. The molecule has 0 spiro atoms. The van der Waals surface area contributed by atoms with Gasteiger partial charge in [-0.3, -0.25) is 9.88 Å². The molecule has 130 valence electrons. The van der Waals surface area contributed by atoms with Crippen molar-refractivity contribution in [2.24, 2.45) is 12.8 Å². The molecule has 0 amide bonds. The number of fused-ring (bicyclic) bond motifs is 1. The van der Waals surface area contributed by atoms with Crippen LogP contribution in [0.4, 0.5) is 5.69 Å². The minimum absolute atomic E-state index is 0.287. The van der Waals surface area contributed by atoms with E-state index < -0.39 is 0 Å². The van der Waals surface area contributed by atoms with Gasteiger partial charge in [0.05, 0.1) is 16.9 Å². The van der Waals surface area contributed by atoms with Crippen LogP contribution in [0.15, 0.2) is 36.7 Å². The van der Waals surface area contributed by atoms with Gasteiger partial charge in [0.15, 0.2) is 0 Å². The lowest BCUT2D eigenvalue weighted by Crippen LogP contribution is -2.26. The van der Waals surface area contributed by atoms with Crippen LogP contribution < -0.4 is 11.5 Å². The number of nitrogen functional groups attached to an aromatic ring is 1. The van der Waals surface area contributed by atoms with Crippen molar-refractivity contribution in [3.8, 4) is 11.3 Å². The maximum absolute atomic E-state index is 6.44. The Kier molecular flexibility index (Phi) is 4.15.